The van der Waals surface area contributed by atoms with Gasteiger partial charge in [0.25, 0.3) is 0 Å². The van der Waals surface area contributed by atoms with Crippen LogP contribution in [-0.2, 0) is 14.8 Å². The van der Waals surface area contributed by atoms with Crippen LogP contribution in [-0.4, -0.2) is 64.9 Å². The highest BCUT2D eigenvalue weighted by atomic mass is 32.2. The molecule has 29 heavy (non-hydrogen) atoms. The van der Waals surface area contributed by atoms with E-state index in [1.807, 2.05) is 13.0 Å². The average Bonchev–Trinajstić information content (AvgIpc) is 2.71. The van der Waals surface area contributed by atoms with Gasteiger partial charge in [0.15, 0.2) is 0 Å². The van der Waals surface area contributed by atoms with Crippen molar-refractivity contribution in [3.8, 4) is 5.75 Å². The SMILES string of the molecule is COc1ccc(S(=O)(=O)NCCNc2nc(C)cc(N3CCOCC3)n2)cc1C. The Kier molecular flexibility index (Phi) is 6.88. The lowest BCUT2D eigenvalue weighted by Gasteiger charge is -2.28. The Hall–Kier alpha value is -2.43. The number of ether oxygens (including phenoxy) is 2. The summed E-state index contributed by atoms with van der Waals surface area (Å²) in [6.45, 7) is 7.22. The molecule has 1 aromatic heterocycles. The molecule has 9 nitrogen and oxygen atoms in total. The van der Waals surface area contributed by atoms with E-state index in [1.54, 1.807) is 26.2 Å². The number of benzene rings is 1. The quantitative estimate of drug-likeness (QED) is 0.615. The molecule has 0 spiro atoms. The zero-order chi connectivity index (χ0) is 20.9. The molecule has 0 saturated carbocycles. The number of sulfonamides is 1. The number of nitrogens with one attached hydrogen (secondary N) is 2. The summed E-state index contributed by atoms with van der Waals surface area (Å²) in [4.78, 5) is 11.3. The highest BCUT2D eigenvalue weighted by Gasteiger charge is 2.16. The van der Waals surface area contributed by atoms with Crippen LogP contribution < -0.4 is 19.7 Å². The Morgan fingerprint density at radius 1 is 1.14 bits per heavy atom. The number of aromatic nitrogens is 2. The summed E-state index contributed by atoms with van der Waals surface area (Å²) in [6.07, 6.45) is 0. The first-order valence-corrected chi connectivity index (χ1v) is 10.9. The molecule has 2 N–H and O–H groups in total. The van der Waals surface area contributed by atoms with Crippen molar-refractivity contribution in [2.45, 2.75) is 18.7 Å². The second-order valence-electron chi connectivity index (χ2n) is 6.75. The Labute approximate surface area is 171 Å². The van der Waals surface area contributed by atoms with E-state index in [2.05, 4.69) is 24.9 Å². The lowest BCUT2D eigenvalue weighted by atomic mass is 10.2. The van der Waals surface area contributed by atoms with Gasteiger partial charge < -0.3 is 19.7 Å². The van der Waals surface area contributed by atoms with Gasteiger partial charge >= 0.3 is 0 Å². The van der Waals surface area contributed by atoms with Crippen molar-refractivity contribution in [2.75, 3.05) is 56.7 Å². The van der Waals surface area contributed by atoms with Crippen molar-refractivity contribution in [1.29, 1.82) is 0 Å². The van der Waals surface area contributed by atoms with Gasteiger partial charge in [-0.2, -0.15) is 4.98 Å². The van der Waals surface area contributed by atoms with Crippen LogP contribution >= 0.6 is 0 Å². The van der Waals surface area contributed by atoms with Gasteiger partial charge in [0, 0.05) is 37.9 Å². The molecular weight excluding hydrogens is 394 g/mol. The first-order chi connectivity index (χ1) is 13.9. The molecule has 2 aromatic rings. The standard InChI is InChI=1S/C19H27N5O4S/c1-14-12-16(4-5-17(14)27-3)29(25,26)21-7-6-20-19-22-15(2)13-18(23-19)24-8-10-28-11-9-24/h4-5,12-13,21H,6-11H2,1-3H3,(H,20,22,23). The maximum Gasteiger partial charge on any atom is 0.240 e. The lowest BCUT2D eigenvalue weighted by molar-refractivity contribution is 0.122. The molecule has 2 heterocycles. The fourth-order valence-electron chi connectivity index (χ4n) is 3.05. The van der Waals surface area contributed by atoms with E-state index in [9.17, 15) is 8.42 Å². The lowest BCUT2D eigenvalue weighted by Crippen LogP contribution is -2.37. The molecule has 0 bridgehead atoms. The Morgan fingerprint density at radius 3 is 2.59 bits per heavy atom. The van der Waals surface area contributed by atoms with Crippen LogP contribution in [0.2, 0.25) is 0 Å². The van der Waals surface area contributed by atoms with Crippen molar-refractivity contribution in [1.82, 2.24) is 14.7 Å². The fourth-order valence-corrected chi connectivity index (χ4v) is 4.16. The average molecular weight is 422 g/mol. The monoisotopic (exact) mass is 421 g/mol. The van der Waals surface area contributed by atoms with Crippen LogP contribution in [0.3, 0.4) is 0 Å². The zero-order valence-electron chi connectivity index (χ0n) is 16.9. The molecule has 0 unspecified atom stereocenters. The van der Waals surface area contributed by atoms with Crippen LogP contribution in [0.5, 0.6) is 5.75 Å². The van der Waals surface area contributed by atoms with Crippen molar-refractivity contribution >= 4 is 21.8 Å². The summed E-state index contributed by atoms with van der Waals surface area (Å²) in [5.41, 5.74) is 1.61. The summed E-state index contributed by atoms with van der Waals surface area (Å²) in [6, 6.07) is 6.70. The number of hydrogen-bond donors (Lipinski definition) is 2. The predicted molar refractivity (Wildman–Crippen MR) is 111 cm³/mol. The first-order valence-electron chi connectivity index (χ1n) is 9.45. The summed E-state index contributed by atoms with van der Waals surface area (Å²) < 4.78 is 38.1. The van der Waals surface area contributed by atoms with E-state index in [0.29, 0.717) is 31.5 Å². The van der Waals surface area contributed by atoms with Gasteiger partial charge in [-0.1, -0.05) is 0 Å². The molecule has 0 aliphatic carbocycles. The molecule has 1 saturated heterocycles. The zero-order valence-corrected chi connectivity index (χ0v) is 17.8. The molecule has 1 aromatic carbocycles. The molecule has 3 rings (SSSR count). The van der Waals surface area contributed by atoms with Crippen LogP contribution in [0.25, 0.3) is 0 Å². The van der Waals surface area contributed by atoms with Gasteiger partial charge in [-0.15, -0.1) is 0 Å². The molecule has 0 radical (unpaired) electrons. The molecular formula is C19H27N5O4S. The number of morpholine rings is 1. The second-order valence-corrected chi connectivity index (χ2v) is 8.51. The molecule has 158 valence electrons. The summed E-state index contributed by atoms with van der Waals surface area (Å²) >= 11 is 0. The van der Waals surface area contributed by atoms with Gasteiger partial charge in [-0.3, -0.25) is 0 Å². The number of rotatable bonds is 8. The minimum absolute atomic E-state index is 0.206. The first kappa shape index (κ1) is 21.3. The smallest absolute Gasteiger partial charge is 0.240 e. The van der Waals surface area contributed by atoms with Crippen LogP contribution in [0, 0.1) is 13.8 Å². The van der Waals surface area contributed by atoms with Gasteiger partial charge in [-0.05, 0) is 37.6 Å². The van der Waals surface area contributed by atoms with E-state index in [4.69, 9.17) is 9.47 Å². The summed E-state index contributed by atoms with van der Waals surface area (Å²) in [5, 5.41) is 3.09. The van der Waals surface area contributed by atoms with Crippen LogP contribution in [0.4, 0.5) is 11.8 Å². The fraction of sp³-hybridized carbons (Fsp3) is 0.474. The Morgan fingerprint density at radius 2 is 1.90 bits per heavy atom. The maximum atomic E-state index is 12.5. The Bertz CT molecular complexity index is 946. The number of nitrogens with zero attached hydrogens (tertiary/aromatic N) is 3. The molecule has 1 aliphatic heterocycles. The normalized spacial score (nSPS) is 14.7. The maximum absolute atomic E-state index is 12.5. The van der Waals surface area contributed by atoms with Gasteiger partial charge in [0.2, 0.25) is 16.0 Å². The van der Waals surface area contributed by atoms with Gasteiger partial charge in [0.1, 0.15) is 11.6 Å². The van der Waals surface area contributed by atoms with Crippen molar-refractivity contribution < 1.29 is 17.9 Å². The predicted octanol–water partition coefficient (Wildman–Crippen LogP) is 1.33. The molecule has 0 amide bonds. The minimum atomic E-state index is -3.60. The van der Waals surface area contributed by atoms with Gasteiger partial charge in [0.05, 0.1) is 25.2 Å². The summed E-state index contributed by atoms with van der Waals surface area (Å²) in [7, 11) is -2.05. The third kappa shape index (κ3) is 5.55. The third-order valence-corrected chi connectivity index (χ3v) is 6.01. The topological polar surface area (TPSA) is 106 Å². The minimum Gasteiger partial charge on any atom is -0.496 e. The number of anilines is 2. The third-order valence-electron chi connectivity index (χ3n) is 4.55. The van der Waals surface area contributed by atoms with E-state index < -0.39 is 10.0 Å². The molecule has 10 heteroatoms. The van der Waals surface area contributed by atoms with Gasteiger partial charge in [-0.25, -0.2) is 18.1 Å². The Balaban J connectivity index is 1.57. The summed E-state index contributed by atoms with van der Waals surface area (Å²) in [5.74, 6) is 1.97. The molecule has 0 atom stereocenters. The number of aryl methyl sites for hydroxylation is 2. The molecule has 1 fully saturated rings. The van der Waals surface area contributed by atoms with Crippen molar-refractivity contribution in [3.63, 3.8) is 0 Å². The number of methoxy groups -OCH3 is 1. The van der Waals surface area contributed by atoms with E-state index in [-0.39, 0.29) is 11.4 Å². The molecule has 1 aliphatic rings. The van der Waals surface area contributed by atoms with E-state index in [0.717, 1.165) is 30.2 Å². The van der Waals surface area contributed by atoms with Crippen LogP contribution in [0.1, 0.15) is 11.3 Å². The number of hydrogen-bond acceptors (Lipinski definition) is 8. The van der Waals surface area contributed by atoms with Crippen LogP contribution in [0.15, 0.2) is 29.2 Å². The highest BCUT2D eigenvalue weighted by Crippen LogP contribution is 2.21. The second kappa shape index (κ2) is 9.38. The largest absolute Gasteiger partial charge is 0.496 e. The highest BCUT2D eigenvalue weighted by molar-refractivity contribution is 7.89. The van der Waals surface area contributed by atoms with E-state index >= 15 is 0 Å². The van der Waals surface area contributed by atoms with E-state index in [1.165, 1.54) is 6.07 Å². The van der Waals surface area contributed by atoms with Crippen molar-refractivity contribution in [2.24, 2.45) is 0 Å². The van der Waals surface area contributed by atoms with Crippen molar-refractivity contribution in [3.05, 3.63) is 35.5 Å².